The summed E-state index contributed by atoms with van der Waals surface area (Å²) >= 11 is 5.93. The Labute approximate surface area is 134 Å². The van der Waals surface area contributed by atoms with E-state index in [-0.39, 0.29) is 5.78 Å². The van der Waals surface area contributed by atoms with Crippen molar-refractivity contribution in [3.05, 3.63) is 95.3 Å². The van der Waals surface area contributed by atoms with E-state index in [1.54, 1.807) is 18.2 Å². The molecule has 3 aromatic rings. The van der Waals surface area contributed by atoms with Crippen LogP contribution in [-0.4, -0.2) is 10.4 Å². The zero-order valence-corrected chi connectivity index (χ0v) is 12.6. The Morgan fingerprint density at radius 3 is 2.50 bits per heavy atom. The van der Waals surface area contributed by atoms with Crippen molar-refractivity contribution in [2.45, 2.75) is 0 Å². The highest BCUT2D eigenvalue weighted by atomic mass is 35.5. The molecular weight excluding hydrogens is 294 g/mol. The smallest absolute Gasteiger partial charge is 0.185 e. The van der Waals surface area contributed by atoms with Crippen molar-refractivity contribution in [1.82, 2.24) is 4.57 Å². The lowest BCUT2D eigenvalue weighted by atomic mass is 10.1. The zero-order chi connectivity index (χ0) is 15.4. The molecule has 0 fully saturated rings. The predicted octanol–water partition coefficient (Wildman–Crippen LogP) is 5.03. The summed E-state index contributed by atoms with van der Waals surface area (Å²) in [6.45, 7) is 0. The Hall–Kier alpha value is -2.58. The highest BCUT2D eigenvalue weighted by molar-refractivity contribution is 6.30. The molecule has 0 unspecified atom stereocenters. The number of aromatic nitrogens is 1. The topological polar surface area (TPSA) is 22.0 Å². The average molecular weight is 308 g/mol. The highest BCUT2D eigenvalue weighted by Crippen LogP contribution is 2.14. The first kappa shape index (κ1) is 14.4. The summed E-state index contributed by atoms with van der Waals surface area (Å²) < 4.78 is 1.97. The minimum atomic E-state index is -0.0334. The number of ketones is 1. The lowest BCUT2D eigenvalue weighted by molar-refractivity contribution is 0.104. The van der Waals surface area contributed by atoms with Crippen molar-refractivity contribution in [2.75, 3.05) is 0 Å². The summed E-state index contributed by atoms with van der Waals surface area (Å²) in [7, 11) is 0. The number of hydrogen-bond donors (Lipinski definition) is 0. The van der Waals surface area contributed by atoms with Crippen molar-refractivity contribution >= 4 is 23.5 Å². The van der Waals surface area contributed by atoms with Gasteiger partial charge in [-0.05, 0) is 48.0 Å². The van der Waals surface area contributed by atoms with Gasteiger partial charge in [0.1, 0.15) is 0 Å². The van der Waals surface area contributed by atoms with Crippen molar-refractivity contribution < 1.29 is 4.79 Å². The molecule has 108 valence electrons. The molecule has 0 amide bonds. The summed E-state index contributed by atoms with van der Waals surface area (Å²) in [4.78, 5) is 12.3. The van der Waals surface area contributed by atoms with Gasteiger partial charge in [-0.1, -0.05) is 41.9 Å². The van der Waals surface area contributed by atoms with E-state index in [1.165, 1.54) is 0 Å². The molecule has 0 radical (unpaired) electrons. The van der Waals surface area contributed by atoms with Gasteiger partial charge in [-0.2, -0.15) is 0 Å². The Kier molecular flexibility index (Phi) is 4.22. The van der Waals surface area contributed by atoms with Crippen LogP contribution in [0.15, 0.2) is 79.1 Å². The standard InChI is InChI=1S/C19H14ClNO/c20-17-7-3-5-15(13-17)9-10-19(22)16-6-4-8-18(14-16)21-11-1-2-12-21/h1-14H/b10-9+. The van der Waals surface area contributed by atoms with Crippen LogP contribution in [0.3, 0.4) is 0 Å². The quantitative estimate of drug-likeness (QED) is 0.489. The molecule has 0 aliphatic carbocycles. The largest absolute Gasteiger partial charge is 0.324 e. The Morgan fingerprint density at radius 1 is 0.955 bits per heavy atom. The number of nitrogens with zero attached hydrogens (tertiary/aromatic N) is 1. The third-order valence-electron chi connectivity index (χ3n) is 3.31. The summed E-state index contributed by atoms with van der Waals surface area (Å²) in [6, 6.07) is 18.9. The summed E-state index contributed by atoms with van der Waals surface area (Å²) in [5.41, 5.74) is 2.53. The molecule has 1 heterocycles. The van der Waals surface area contributed by atoms with E-state index in [0.717, 1.165) is 11.3 Å². The lowest BCUT2D eigenvalue weighted by Gasteiger charge is -2.04. The summed E-state index contributed by atoms with van der Waals surface area (Å²) in [5.74, 6) is -0.0334. The van der Waals surface area contributed by atoms with Crippen LogP contribution in [0.1, 0.15) is 15.9 Å². The van der Waals surface area contributed by atoms with Crippen molar-refractivity contribution in [1.29, 1.82) is 0 Å². The molecule has 0 aliphatic rings. The van der Waals surface area contributed by atoms with E-state index in [0.29, 0.717) is 10.6 Å². The first-order valence-corrected chi connectivity index (χ1v) is 7.31. The van der Waals surface area contributed by atoms with E-state index in [4.69, 9.17) is 11.6 Å². The number of rotatable bonds is 4. The fourth-order valence-electron chi connectivity index (χ4n) is 2.20. The second kappa shape index (κ2) is 6.46. The van der Waals surface area contributed by atoms with Crippen LogP contribution in [0.25, 0.3) is 11.8 Å². The van der Waals surface area contributed by atoms with Gasteiger partial charge in [0.2, 0.25) is 0 Å². The molecule has 2 nitrogen and oxygen atoms in total. The van der Waals surface area contributed by atoms with Crippen LogP contribution in [-0.2, 0) is 0 Å². The van der Waals surface area contributed by atoms with E-state index in [2.05, 4.69) is 0 Å². The molecule has 0 spiro atoms. The number of carbonyl (C=O) groups excluding carboxylic acids is 1. The molecule has 0 saturated heterocycles. The molecule has 22 heavy (non-hydrogen) atoms. The molecule has 0 atom stereocenters. The van der Waals surface area contributed by atoms with Gasteiger partial charge >= 0.3 is 0 Å². The predicted molar refractivity (Wildman–Crippen MR) is 90.6 cm³/mol. The van der Waals surface area contributed by atoms with Crippen molar-refractivity contribution in [3.63, 3.8) is 0 Å². The number of allylic oxidation sites excluding steroid dienone is 1. The minimum Gasteiger partial charge on any atom is -0.324 e. The molecular formula is C19H14ClNO. The Bertz CT molecular complexity index is 819. The first-order valence-electron chi connectivity index (χ1n) is 6.94. The second-order valence-electron chi connectivity index (χ2n) is 4.89. The average Bonchev–Trinajstić information content (AvgIpc) is 3.07. The third-order valence-corrected chi connectivity index (χ3v) is 3.54. The maximum Gasteiger partial charge on any atom is 0.185 e. The Morgan fingerprint density at radius 2 is 1.73 bits per heavy atom. The molecule has 0 saturated carbocycles. The molecule has 3 rings (SSSR count). The highest BCUT2D eigenvalue weighted by Gasteiger charge is 2.03. The van der Waals surface area contributed by atoms with Crippen LogP contribution in [0.4, 0.5) is 0 Å². The minimum absolute atomic E-state index is 0.0334. The van der Waals surface area contributed by atoms with Gasteiger partial charge < -0.3 is 4.57 Å². The maximum absolute atomic E-state index is 12.3. The first-order chi connectivity index (χ1) is 10.7. The SMILES string of the molecule is O=C(/C=C/c1cccc(Cl)c1)c1cccc(-n2cccc2)c1. The molecule has 0 aliphatic heterocycles. The van der Waals surface area contributed by atoms with E-state index in [9.17, 15) is 4.79 Å². The van der Waals surface area contributed by atoms with Gasteiger partial charge in [0.05, 0.1) is 0 Å². The second-order valence-corrected chi connectivity index (χ2v) is 5.33. The summed E-state index contributed by atoms with van der Waals surface area (Å²) in [6.07, 6.45) is 7.24. The fraction of sp³-hybridized carbons (Fsp3) is 0. The van der Waals surface area contributed by atoms with E-state index >= 15 is 0 Å². The molecule has 0 bridgehead atoms. The van der Waals surface area contributed by atoms with Crippen LogP contribution >= 0.6 is 11.6 Å². The monoisotopic (exact) mass is 307 g/mol. The summed E-state index contributed by atoms with van der Waals surface area (Å²) in [5, 5.41) is 0.657. The van der Waals surface area contributed by atoms with E-state index < -0.39 is 0 Å². The number of halogens is 1. The number of hydrogen-bond acceptors (Lipinski definition) is 1. The van der Waals surface area contributed by atoms with Crippen molar-refractivity contribution in [3.8, 4) is 5.69 Å². The fourth-order valence-corrected chi connectivity index (χ4v) is 2.40. The molecule has 1 aromatic heterocycles. The van der Waals surface area contributed by atoms with Gasteiger partial charge in [0, 0.05) is 28.7 Å². The molecule has 2 aromatic carbocycles. The van der Waals surface area contributed by atoms with Gasteiger partial charge in [-0.3, -0.25) is 4.79 Å². The molecule has 0 N–H and O–H groups in total. The van der Waals surface area contributed by atoms with E-state index in [1.807, 2.05) is 71.6 Å². The van der Waals surface area contributed by atoms with Crippen LogP contribution in [0, 0.1) is 0 Å². The number of carbonyl (C=O) groups is 1. The normalized spacial score (nSPS) is 11.0. The van der Waals surface area contributed by atoms with Crippen LogP contribution in [0.2, 0.25) is 5.02 Å². The maximum atomic E-state index is 12.3. The van der Waals surface area contributed by atoms with Crippen LogP contribution in [0.5, 0.6) is 0 Å². The van der Waals surface area contributed by atoms with Gasteiger partial charge in [-0.25, -0.2) is 0 Å². The Balaban J connectivity index is 1.82. The third kappa shape index (κ3) is 3.35. The van der Waals surface area contributed by atoms with Gasteiger partial charge in [0.25, 0.3) is 0 Å². The van der Waals surface area contributed by atoms with Gasteiger partial charge in [-0.15, -0.1) is 0 Å². The molecule has 3 heteroatoms. The van der Waals surface area contributed by atoms with Crippen molar-refractivity contribution in [2.24, 2.45) is 0 Å². The zero-order valence-electron chi connectivity index (χ0n) is 11.8. The lowest BCUT2D eigenvalue weighted by Crippen LogP contribution is -1.97. The van der Waals surface area contributed by atoms with Crippen LogP contribution < -0.4 is 0 Å². The van der Waals surface area contributed by atoms with Gasteiger partial charge in [0.15, 0.2) is 5.78 Å². The number of benzene rings is 2.